The highest BCUT2D eigenvalue weighted by Crippen LogP contribution is 2.40. The molecule has 27 heavy (non-hydrogen) atoms. The summed E-state index contributed by atoms with van der Waals surface area (Å²) in [6.07, 6.45) is 3.00. The summed E-state index contributed by atoms with van der Waals surface area (Å²) in [4.78, 5) is 24.0. The number of nitrogens with one attached hydrogen (secondary N) is 1. The first-order valence-electron chi connectivity index (χ1n) is 9.40. The second-order valence-corrected chi connectivity index (χ2v) is 6.72. The SMILES string of the molecule is O=C(COC(=O)CCCOc1ccccc1)NC(c1ccccc1)C1CC1. The van der Waals surface area contributed by atoms with Gasteiger partial charge in [0.15, 0.2) is 6.61 Å². The van der Waals surface area contributed by atoms with Gasteiger partial charge in [0.2, 0.25) is 0 Å². The van der Waals surface area contributed by atoms with E-state index in [1.54, 1.807) is 0 Å². The molecular weight excluding hydrogens is 342 g/mol. The van der Waals surface area contributed by atoms with Crippen LogP contribution in [0.3, 0.4) is 0 Å². The molecule has 1 atom stereocenters. The van der Waals surface area contributed by atoms with Crippen molar-refractivity contribution >= 4 is 11.9 Å². The predicted molar refractivity (Wildman–Crippen MR) is 102 cm³/mol. The lowest BCUT2D eigenvalue weighted by Crippen LogP contribution is -2.33. The highest BCUT2D eigenvalue weighted by Gasteiger charge is 2.33. The van der Waals surface area contributed by atoms with Gasteiger partial charge in [-0.3, -0.25) is 9.59 Å². The monoisotopic (exact) mass is 367 g/mol. The van der Waals surface area contributed by atoms with Gasteiger partial charge in [0.1, 0.15) is 5.75 Å². The highest BCUT2D eigenvalue weighted by molar-refractivity contribution is 5.80. The minimum Gasteiger partial charge on any atom is -0.494 e. The summed E-state index contributed by atoms with van der Waals surface area (Å²) in [7, 11) is 0. The third-order valence-corrected chi connectivity index (χ3v) is 4.47. The molecule has 0 aromatic heterocycles. The third-order valence-electron chi connectivity index (χ3n) is 4.47. The van der Waals surface area contributed by atoms with Crippen LogP contribution in [0.1, 0.15) is 37.3 Å². The van der Waals surface area contributed by atoms with Crippen LogP contribution in [0.25, 0.3) is 0 Å². The minimum absolute atomic E-state index is 0.00308. The Morgan fingerprint density at radius 1 is 1.00 bits per heavy atom. The van der Waals surface area contributed by atoms with Crippen molar-refractivity contribution < 1.29 is 19.1 Å². The molecule has 1 saturated carbocycles. The number of amides is 1. The van der Waals surface area contributed by atoms with E-state index in [1.807, 2.05) is 60.7 Å². The van der Waals surface area contributed by atoms with Gasteiger partial charge in [-0.2, -0.15) is 0 Å². The Balaban J connectivity index is 1.34. The standard InChI is InChI=1S/C22H25NO4/c24-20(23-22(18-13-14-18)17-8-3-1-4-9-17)16-27-21(25)12-7-15-26-19-10-5-2-6-11-19/h1-6,8-11,18,22H,7,12-16H2,(H,23,24). The van der Waals surface area contributed by atoms with Gasteiger partial charge >= 0.3 is 5.97 Å². The van der Waals surface area contributed by atoms with Crippen molar-refractivity contribution in [1.82, 2.24) is 5.32 Å². The van der Waals surface area contributed by atoms with Crippen molar-refractivity contribution in [2.75, 3.05) is 13.2 Å². The maximum Gasteiger partial charge on any atom is 0.306 e. The van der Waals surface area contributed by atoms with Crippen LogP contribution in [0, 0.1) is 5.92 Å². The fraction of sp³-hybridized carbons (Fsp3) is 0.364. The quantitative estimate of drug-likeness (QED) is 0.514. The van der Waals surface area contributed by atoms with Gasteiger partial charge in [-0.15, -0.1) is 0 Å². The van der Waals surface area contributed by atoms with Gasteiger partial charge in [0.05, 0.1) is 12.6 Å². The molecule has 0 aliphatic heterocycles. The van der Waals surface area contributed by atoms with Gasteiger partial charge < -0.3 is 14.8 Å². The molecule has 1 aliphatic rings. The maximum atomic E-state index is 12.2. The number of para-hydroxylation sites is 1. The number of hydrogen-bond acceptors (Lipinski definition) is 4. The van der Waals surface area contributed by atoms with Gasteiger partial charge in [0, 0.05) is 6.42 Å². The summed E-state index contributed by atoms with van der Waals surface area (Å²) >= 11 is 0. The van der Waals surface area contributed by atoms with Crippen molar-refractivity contribution in [3.63, 3.8) is 0 Å². The predicted octanol–water partition coefficient (Wildman–Crippen LogP) is 3.66. The van der Waals surface area contributed by atoms with E-state index in [1.165, 1.54) is 0 Å². The van der Waals surface area contributed by atoms with E-state index >= 15 is 0 Å². The van der Waals surface area contributed by atoms with Crippen LogP contribution in [-0.4, -0.2) is 25.1 Å². The van der Waals surface area contributed by atoms with Gasteiger partial charge in [-0.1, -0.05) is 48.5 Å². The van der Waals surface area contributed by atoms with Crippen LogP contribution in [0.5, 0.6) is 5.75 Å². The largest absolute Gasteiger partial charge is 0.494 e. The molecule has 1 amide bonds. The van der Waals surface area contributed by atoms with Crippen molar-refractivity contribution in [3.8, 4) is 5.75 Å². The zero-order chi connectivity index (χ0) is 18.9. The Morgan fingerprint density at radius 2 is 1.67 bits per heavy atom. The maximum absolute atomic E-state index is 12.2. The van der Waals surface area contributed by atoms with Gasteiger partial charge in [0.25, 0.3) is 5.91 Å². The third kappa shape index (κ3) is 6.44. The lowest BCUT2D eigenvalue weighted by molar-refractivity contribution is -0.149. The molecule has 0 bridgehead atoms. The first-order valence-corrected chi connectivity index (χ1v) is 9.40. The normalized spacial score (nSPS) is 14.2. The first-order chi connectivity index (χ1) is 13.2. The van der Waals surface area contributed by atoms with Crippen LogP contribution < -0.4 is 10.1 Å². The number of carbonyl (C=O) groups is 2. The summed E-state index contributed by atoms with van der Waals surface area (Å²) in [5, 5.41) is 3.00. The molecule has 0 heterocycles. The van der Waals surface area contributed by atoms with Gasteiger partial charge in [-0.05, 0) is 42.9 Å². The fourth-order valence-electron chi connectivity index (χ4n) is 2.92. The summed E-state index contributed by atoms with van der Waals surface area (Å²) in [5.41, 5.74) is 1.10. The zero-order valence-electron chi connectivity index (χ0n) is 15.3. The number of hydrogen-bond donors (Lipinski definition) is 1. The molecule has 3 rings (SSSR count). The number of benzene rings is 2. The summed E-state index contributed by atoms with van der Waals surface area (Å²) in [5.74, 6) is 0.605. The molecule has 0 saturated heterocycles. The highest BCUT2D eigenvalue weighted by atomic mass is 16.5. The van der Waals surface area contributed by atoms with Crippen LogP contribution in [0.15, 0.2) is 60.7 Å². The topological polar surface area (TPSA) is 64.6 Å². The molecular formula is C22H25NO4. The van der Waals surface area contributed by atoms with E-state index in [0.717, 1.165) is 24.2 Å². The smallest absolute Gasteiger partial charge is 0.306 e. The van der Waals surface area contributed by atoms with Crippen molar-refractivity contribution in [2.45, 2.75) is 31.7 Å². The lowest BCUT2D eigenvalue weighted by Gasteiger charge is -2.18. The van der Waals surface area contributed by atoms with Crippen LogP contribution in [0.2, 0.25) is 0 Å². The number of ether oxygens (including phenoxy) is 2. The van der Waals surface area contributed by atoms with Gasteiger partial charge in [-0.25, -0.2) is 0 Å². The molecule has 1 fully saturated rings. The average Bonchev–Trinajstić information content (AvgIpc) is 3.54. The Labute approximate surface area is 159 Å². The molecule has 5 nitrogen and oxygen atoms in total. The number of rotatable bonds is 10. The Bertz CT molecular complexity index is 728. The average molecular weight is 367 g/mol. The number of carbonyl (C=O) groups excluding carboxylic acids is 2. The summed E-state index contributed by atoms with van der Waals surface area (Å²) in [6.45, 7) is 0.192. The van der Waals surface area contributed by atoms with E-state index in [0.29, 0.717) is 18.9 Å². The van der Waals surface area contributed by atoms with E-state index < -0.39 is 0 Å². The molecule has 1 unspecified atom stereocenters. The Kier molecular flexibility index (Phi) is 6.85. The molecule has 0 spiro atoms. The van der Waals surface area contributed by atoms with Crippen molar-refractivity contribution in [2.24, 2.45) is 5.92 Å². The molecule has 5 heteroatoms. The molecule has 1 aliphatic carbocycles. The van der Waals surface area contributed by atoms with E-state index in [4.69, 9.17) is 9.47 Å². The first kappa shape index (κ1) is 19.0. The molecule has 2 aromatic rings. The summed E-state index contributed by atoms with van der Waals surface area (Å²) < 4.78 is 10.6. The van der Waals surface area contributed by atoms with E-state index in [2.05, 4.69) is 5.32 Å². The zero-order valence-corrected chi connectivity index (χ0v) is 15.3. The molecule has 1 N–H and O–H groups in total. The second kappa shape index (κ2) is 9.76. The van der Waals surface area contributed by atoms with Crippen molar-refractivity contribution in [1.29, 1.82) is 0 Å². The van der Waals surface area contributed by atoms with Crippen LogP contribution >= 0.6 is 0 Å². The van der Waals surface area contributed by atoms with Crippen LogP contribution in [-0.2, 0) is 14.3 Å². The Morgan fingerprint density at radius 3 is 2.33 bits per heavy atom. The van der Waals surface area contributed by atoms with Crippen molar-refractivity contribution in [3.05, 3.63) is 66.2 Å². The minimum atomic E-state index is -0.385. The lowest BCUT2D eigenvalue weighted by atomic mass is 10.0. The molecule has 0 radical (unpaired) electrons. The molecule has 142 valence electrons. The Hall–Kier alpha value is -2.82. The van der Waals surface area contributed by atoms with Crippen LogP contribution in [0.4, 0.5) is 0 Å². The van der Waals surface area contributed by atoms with E-state index in [9.17, 15) is 9.59 Å². The number of esters is 1. The fourth-order valence-corrected chi connectivity index (χ4v) is 2.92. The van der Waals surface area contributed by atoms with E-state index in [-0.39, 0.29) is 30.9 Å². The summed E-state index contributed by atoms with van der Waals surface area (Å²) in [6, 6.07) is 19.4. The molecule has 2 aromatic carbocycles. The second-order valence-electron chi connectivity index (χ2n) is 6.72.